The monoisotopic (exact) mass is 297 g/mol. The molecule has 0 aromatic rings. The van der Waals surface area contributed by atoms with Gasteiger partial charge in [0.1, 0.15) is 0 Å². The van der Waals surface area contributed by atoms with Crippen LogP contribution in [-0.2, 0) is 9.47 Å². The summed E-state index contributed by atoms with van der Waals surface area (Å²) < 4.78 is 11.9. The highest BCUT2D eigenvalue weighted by Crippen LogP contribution is 2.32. The van der Waals surface area contributed by atoms with Crippen molar-refractivity contribution in [1.82, 2.24) is 15.1 Å². The van der Waals surface area contributed by atoms with Crippen LogP contribution in [0.15, 0.2) is 0 Å². The van der Waals surface area contributed by atoms with Crippen molar-refractivity contribution in [2.45, 2.75) is 50.4 Å². The van der Waals surface area contributed by atoms with Crippen LogP contribution in [0.3, 0.4) is 0 Å². The lowest BCUT2D eigenvalue weighted by molar-refractivity contribution is -0.0545. The summed E-state index contributed by atoms with van der Waals surface area (Å²) in [5.41, 5.74) is 0. The zero-order chi connectivity index (χ0) is 14.7. The molecule has 2 bridgehead atoms. The molecule has 0 aromatic heterocycles. The third-order valence-electron chi connectivity index (χ3n) is 5.32. The first-order chi connectivity index (χ1) is 10.3. The van der Waals surface area contributed by atoms with Crippen molar-refractivity contribution in [2.24, 2.45) is 0 Å². The first-order valence-electron chi connectivity index (χ1n) is 8.65. The Balaban J connectivity index is 1.57. The number of piperazine rings is 1. The lowest BCUT2D eigenvalue weighted by Crippen LogP contribution is -2.58. The maximum absolute atomic E-state index is 6.15. The summed E-state index contributed by atoms with van der Waals surface area (Å²) in [5, 5.41) is 3.53. The molecule has 0 spiro atoms. The van der Waals surface area contributed by atoms with Crippen molar-refractivity contribution in [3.63, 3.8) is 0 Å². The number of fused-ring (bicyclic) bond motifs is 2. The van der Waals surface area contributed by atoms with Gasteiger partial charge in [0.05, 0.1) is 25.4 Å². The van der Waals surface area contributed by atoms with E-state index in [4.69, 9.17) is 9.47 Å². The van der Waals surface area contributed by atoms with E-state index in [9.17, 15) is 0 Å². The van der Waals surface area contributed by atoms with Crippen molar-refractivity contribution in [3.8, 4) is 0 Å². The molecule has 3 unspecified atom stereocenters. The summed E-state index contributed by atoms with van der Waals surface area (Å²) in [4.78, 5) is 5.17. The lowest BCUT2D eigenvalue weighted by Gasteiger charge is -2.41. The predicted molar refractivity (Wildman–Crippen MR) is 83.7 cm³/mol. The highest BCUT2D eigenvalue weighted by atomic mass is 16.5. The number of rotatable bonds is 6. The minimum atomic E-state index is 0.380. The minimum Gasteiger partial charge on any atom is -0.378 e. The van der Waals surface area contributed by atoms with E-state index in [1.165, 1.54) is 12.8 Å². The molecule has 3 heterocycles. The van der Waals surface area contributed by atoms with Gasteiger partial charge in [-0.2, -0.15) is 0 Å². The fraction of sp³-hybridized carbons (Fsp3) is 1.00. The largest absolute Gasteiger partial charge is 0.378 e. The third-order valence-corrected chi connectivity index (χ3v) is 5.32. The molecule has 4 atom stereocenters. The molecule has 3 fully saturated rings. The van der Waals surface area contributed by atoms with E-state index in [0.29, 0.717) is 24.2 Å². The van der Waals surface area contributed by atoms with Crippen molar-refractivity contribution in [2.75, 3.05) is 53.0 Å². The predicted octanol–water partition coefficient (Wildman–Crippen LogP) is 0.548. The second-order valence-electron chi connectivity index (χ2n) is 6.79. The maximum Gasteiger partial charge on any atom is 0.0768 e. The zero-order valence-electron chi connectivity index (χ0n) is 13.6. The van der Waals surface area contributed by atoms with Gasteiger partial charge < -0.3 is 14.8 Å². The van der Waals surface area contributed by atoms with Gasteiger partial charge >= 0.3 is 0 Å². The van der Waals surface area contributed by atoms with Gasteiger partial charge in [0.2, 0.25) is 0 Å². The zero-order valence-corrected chi connectivity index (χ0v) is 13.6. The molecule has 3 aliphatic heterocycles. The molecule has 3 rings (SSSR count). The van der Waals surface area contributed by atoms with E-state index in [1.807, 2.05) is 0 Å². The highest BCUT2D eigenvalue weighted by Gasteiger charge is 2.45. The van der Waals surface area contributed by atoms with Gasteiger partial charge in [-0.1, -0.05) is 13.3 Å². The van der Waals surface area contributed by atoms with Crippen LogP contribution in [0.1, 0.15) is 26.2 Å². The number of hydrogen-bond donors (Lipinski definition) is 1. The topological polar surface area (TPSA) is 37.0 Å². The number of nitrogens with one attached hydrogen (secondary N) is 1. The van der Waals surface area contributed by atoms with Crippen molar-refractivity contribution in [3.05, 3.63) is 0 Å². The van der Waals surface area contributed by atoms with Crippen LogP contribution < -0.4 is 5.32 Å². The summed E-state index contributed by atoms with van der Waals surface area (Å²) >= 11 is 0. The number of ether oxygens (including phenoxy) is 2. The maximum atomic E-state index is 6.15. The summed E-state index contributed by atoms with van der Waals surface area (Å²) in [6, 6.07) is 1.65. The Morgan fingerprint density at radius 2 is 2.24 bits per heavy atom. The van der Waals surface area contributed by atoms with Gasteiger partial charge in [-0.15, -0.1) is 0 Å². The van der Waals surface area contributed by atoms with Crippen LogP contribution in [0.5, 0.6) is 0 Å². The highest BCUT2D eigenvalue weighted by molar-refractivity contribution is 4.99. The first kappa shape index (κ1) is 15.7. The van der Waals surface area contributed by atoms with Crippen LogP contribution in [0.25, 0.3) is 0 Å². The summed E-state index contributed by atoms with van der Waals surface area (Å²) in [6.45, 7) is 9.38. The SMILES string of the molecule is CCCCOC1CC2COCC1N2C[C@H]1CNCCN1C. The van der Waals surface area contributed by atoms with Gasteiger partial charge in [-0.05, 0) is 19.9 Å². The average molecular weight is 297 g/mol. The molecule has 5 nitrogen and oxygen atoms in total. The van der Waals surface area contributed by atoms with E-state index < -0.39 is 0 Å². The minimum absolute atomic E-state index is 0.380. The summed E-state index contributed by atoms with van der Waals surface area (Å²) in [7, 11) is 2.25. The first-order valence-corrected chi connectivity index (χ1v) is 8.65. The fourth-order valence-corrected chi connectivity index (χ4v) is 3.89. The summed E-state index contributed by atoms with van der Waals surface area (Å²) in [6.07, 6.45) is 3.91. The molecule has 0 aromatic carbocycles. The Kier molecular flexibility index (Phi) is 5.51. The van der Waals surface area contributed by atoms with Crippen LogP contribution in [-0.4, -0.2) is 87.1 Å². The number of likely N-dealkylation sites (N-methyl/N-ethyl adjacent to an activating group) is 1. The second kappa shape index (κ2) is 7.38. The quantitative estimate of drug-likeness (QED) is 0.725. The Hall–Kier alpha value is -0.200. The van der Waals surface area contributed by atoms with Crippen LogP contribution in [0.2, 0.25) is 0 Å². The molecule has 3 aliphatic rings. The van der Waals surface area contributed by atoms with Crippen LogP contribution in [0.4, 0.5) is 0 Å². The normalized spacial score (nSPS) is 38.0. The van der Waals surface area contributed by atoms with Gasteiger partial charge in [0.15, 0.2) is 0 Å². The molecular weight excluding hydrogens is 266 g/mol. The molecule has 1 N–H and O–H groups in total. The van der Waals surface area contributed by atoms with Gasteiger partial charge in [0.25, 0.3) is 0 Å². The van der Waals surface area contributed by atoms with E-state index in [-0.39, 0.29) is 0 Å². The third kappa shape index (κ3) is 3.59. The Morgan fingerprint density at radius 1 is 1.33 bits per heavy atom. The fourth-order valence-electron chi connectivity index (χ4n) is 3.89. The average Bonchev–Trinajstić information content (AvgIpc) is 2.68. The molecule has 0 radical (unpaired) electrons. The van der Waals surface area contributed by atoms with E-state index >= 15 is 0 Å². The Bertz CT molecular complexity index is 329. The number of nitrogens with zero attached hydrogens (tertiary/aromatic N) is 2. The molecule has 122 valence electrons. The van der Waals surface area contributed by atoms with Crippen molar-refractivity contribution < 1.29 is 9.47 Å². The van der Waals surface area contributed by atoms with E-state index in [0.717, 1.165) is 52.4 Å². The van der Waals surface area contributed by atoms with E-state index in [2.05, 4.69) is 29.1 Å². The molecule has 3 saturated heterocycles. The standard InChI is InChI=1S/C16H31N3O2/c1-3-4-7-21-16-8-13-11-20-12-15(16)19(13)10-14-9-17-5-6-18(14)2/h13-17H,3-12H2,1-2H3/t13?,14-,15?,16?/m1/s1. The van der Waals surface area contributed by atoms with Crippen LogP contribution >= 0.6 is 0 Å². The van der Waals surface area contributed by atoms with Crippen molar-refractivity contribution >= 4 is 0 Å². The van der Waals surface area contributed by atoms with Gasteiger partial charge in [-0.3, -0.25) is 9.80 Å². The Labute approximate surface area is 128 Å². The van der Waals surface area contributed by atoms with E-state index in [1.54, 1.807) is 0 Å². The molecule has 5 heteroatoms. The molecule has 0 aliphatic carbocycles. The number of unbranched alkanes of at least 4 members (excludes halogenated alkanes) is 1. The molecule has 21 heavy (non-hydrogen) atoms. The summed E-state index contributed by atoms with van der Waals surface area (Å²) in [5.74, 6) is 0. The second-order valence-corrected chi connectivity index (χ2v) is 6.79. The lowest BCUT2D eigenvalue weighted by atomic mass is 10.1. The molecule has 0 saturated carbocycles. The van der Waals surface area contributed by atoms with Crippen molar-refractivity contribution in [1.29, 1.82) is 0 Å². The van der Waals surface area contributed by atoms with Gasteiger partial charge in [-0.25, -0.2) is 0 Å². The molecule has 0 amide bonds. The Morgan fingerprint density at radius 3 is 3.05 bits per heavy atom. The molecular formula is C16H31N3O2. The van der Waals surface area contributed by atoms with Gasteiger partial charge in [0, 0.05) is 44.9 Å². The van der Waals surface area contributed by atoms with Crippen LogP contribution in [0, 0.1) is 0 Å². The number of hydrogen-bond acceptors (Lipinski definition) is 5. The number of morpholine rings is 1. The smallest absolute Gasteiger partial charge is 0.0768 e.